The number of nitrogens with one attached hydrogen (secondary N) is 1. The summed E-state index contributed by atoms with van der Waals surface area (Å²) in [7, 11) is 2.01. The first kappa shape index (κ1) is 27.8. The van der Waals surface area contributed by atoms with E-state index >= 15 is 0 Å². The fourth-order valence-corrected chi connectivity index (χ4v) is 6.11. The van der Waals surface area contributed by atoms with Crippen molar-refractivity contribution in [2.45, 2.75) is 58.3 Å². The number of rotatable bonds is 12. The molecule has 2 aliphatic rings. The molecule has 0 fully saturated rings. The standard InChI is InChI=1S/C38H43NO/c1-25(2)34-17-15-31-14-13-29(22-36(31)34)21-27(4)28(5)40-19-8-7-11-30-16-18-35-37(30)23-33(24-38(35)39-6)32-12-9-10-26(3)20-32/h9-10,12-18,20,22-25,30,34,39H,4-5,7-8,11,19,21H2,1-3,6H3. The van der Waals surface area contributed by atoms with Gasteiger partial charge in [0.15, 0.2) is 0 Å². The van der Waals surface area contributed by atoms with Gasteiger partial charge in [0.25, 0.3) is 0 Å². The van der Waals surface area contributed by atoms with Crippen LogP contribution < -0.4 is 5.32 Å². The average molecular weight is 530 g/mol. The Balaban J connectivity index is 1.12. The summed E-state index contributed by atoms with van der Waals surface area (Å²) in [4.78, 5) is 0. The maximum absolute atomic E-state index is 6.05. The molecule has 0 spiro atoms. The number of ether oxygens (including phenoxy) is 1. The second-order valence-electron chi connectivity index (χ2n) is 11.8. The van der Waals surface area contributed by atoms with E-state index in [0.29, 0.717) is 30.1 Å². The minimum absolute atomic E-state index is 0.439. The SMILES string of the molecule is C=C(Cc1ccc2c(c1)C(C(C)C)C=C2)C(=C)OCCCCC1C=Cc2c(NC)cc(-c3cccc(C)c3)cc21. The maximum Gasteiger partial charge on any atom is 0.115 e. The maximum atomic E-state index is 6.05. The summed E-state index contributed by atoms with van der Waals surface area (Å²) in [5, 5.41) is 3.42. The van der Waals surface area contributed by atoms with Crippen LogP contribution in [0.5, 0.6) is 0 Å². The lowest BCUT2D eigenvalue weighted by Crippen LogP contribution is -2.04. The third-order valence-electron chi connectivity index (χ3n) is 8.44. The van der Waals surface area contributed by atoms with Crippen LogP contribution in [0.15, 0.2) is 91.2 Å². The molecule has 3 aromatic carbocycles. The Labute approximate surface area is 241 Å². The Morgan fingerprint density at radius 1 is 0.925 bits per heavy atom. The minimum atomic E-state index is 0.439. The van der Waals surface area contributed by atoms with Gasteiger partial charge in [-0.25, -0.2) is 0 Å². The Bertz CT molecular complexity index is 1470. The molecule has 0 amide bonds. The molecule has 0 saturated heterocycles. The van der Waals surface area contributed by atoms with Crippen molar-refractivity contribution in [1.82, 2.24) is 0 Å². The molecule has 0 aliphatic heterocycles. The number of fused-ring (bicyclic) bond motifs is 2. The van der Waals surface area contributed by atoms with Crippen LogP contribution in [0.1, 0.15) is 78.3 Å². The number of allylic oxidation sites excluding steroid dienone is 3. The molecule has 0 aromatic heterocycles. The summed E-state index contributed by atoms with van der Waals surface area (Å²) in [6.07, 6.45) is 13.2. The van der Waals surface area contributed by atoms with Crippen molar-refractivity contribution in [1.29, 1.82) is 0 Å². The molecule has 40 heavy (non-hydrogen) atoms. The third kappa shape index (κ3) is 6.02. The van der Waals surface area contributed by atoms with Crippen molar-refractivity contribution in [2.24, 2.45) is 5.92 Å². The predicted molar refractivity (Wildman–Crippen MR) is 173 cm³/mol. The Kier molecular flexibility index (Phi) is 8.45. The first-order valence-corrected chi connectivity index (χ1v) is 14.8. The van der Waals surface area contributed by atoms with Crippen LogP contribution >= 0.6 is 0 Å². The van der Waals surface area contributed by atoms with E-state index in [-0.39, 0.29) is 0 Å². The lowest BCUT2D eigenvalue weighted by Gasteiger charge is -2.17. The van der Waals surface area contributed by atoms with Gasteiger partial charge in [0, 0.05) is 36.6 Å². The quantitative estimate of drug-likeness (QED) is 0.143. The molecule has 1 N–H and O–H groups in total. The van der Waals surface area contributed by atoms with Crippen LogP contribution in [-0.4, -0.2) is 13.7 Å². The van der Waals surface area contributed by atoms with E-state index in [9.17, 15) is 0 Å². The molecule has 2 nitrogen and oxygen atoms in total. The van der Waals surface area contributed by atoms with Gasteiger partial charge in [-0.2, -0.15) is 0 Å². The van der Waals surface area contributed by atoms with E-state index in [1.807, 2.05) is 7.05 Å². The number of hydrogen-bond acceptors (Lipinski definition) is 2. The van der Waals surface area contributed by atoms with E-state index in [1.54, 1.807) is 0 Å². The predicted octanol–water partition coefficient (Wildman–Crippen LogP) is 10.1. The Morgan fingerprint density at radius 2 is 1.77 bits per heavy atom. The molecule has 0 heterocycles. The highest BCUT2D eigenvalue weighted by Crippen LogP contribution is 2.41. The average Bonchev–Trinajstić information content (AvgIpc) is 3.56. The van der Waals surface area contributed by atoms with Gasteiger partial charge in [-0.05, 0) is 83.2 Å². The summed E-state index contributed by atoms with van der Waals surface area (Å²) >= 11 is 0. The van der Waals surface area contributed by atoms with Gasteiger partial charge in [-0.3, -0.25) is 0 Å². The first-order valence-electron chi connectivity index (χ1n) is 14.8. The molecule has 0 bridgehead atoms. The smallest absolute Gasteiger partial charge is 0.115 e. The van der Waals surface area contributed by atoms with Crippen molar-refractivity contribution in [3.8, 4) is 11.1 Å². The zero-order valence-electron chi connectivity index (χ0n) is 24.6. The highest BCUT2D eigenvalue weighted by molar-refractivity contribution is 5.81. The van der Waals surface area contributed by atoms with Crippen molar-refractivity contribution in [3.05, 3.63) is 125 Å². The highest BCUT2D eigenvalue weighted by atomic mass is 16.5. The molecule has 2 unspecified atom stereocenters. The lowest BCUT2D eigenvalue weighted by atomic mass is 9.88. The topological polar surface area (TPSA) is 21.3 Å². The van der Waals surface area contributed by atoms with Gasteiger partial charge in [0.1, 0.15) is 5.76 Å². The van der Waals surface area contributed by atoms with Crippen molar-refractivity contribution in [3.63, 3.8) is 0 Å². The fraction of sp³-hybridized carbons (Fsp3) is 0.316. The van der Waals surface area contributed by atoms with Gasteiger partial charge < -0.3 is 10.1 Å². The number of aryl methyl sites for hydroxylation is 1. The van der Waals surface area contributed by atoms with Crippen LogP contribution in [-0.2, 0) is 11.2 Å². The third-order valence-corrected chi connectivity index (χ3v) is 8.44. The van der Waals surface area contributed by atoms with Gasteiger partial charge in [-0.15, -0.1) is 0 Å². The number of anilines is 1. The zero-order chi connectivity index (χ0) is 28.2. The van der Waals surface area contributed by atoms with Gasteiger partial charge in [0.2, 0.25) is 0 Å². The summed E-state index contributed by atoms with van der Waals surface area (Å²) < 4.78 is 6.05. The van der Waals surface area contributed by atoms with E-state index in [1.165, 1.54) is 50.2 Å². The summed E-state index contributed by atoms with van der Waals surface area (Å²) in [5.41, 5.74) is 12.8. The number of benzene rings is 3. The molecule has 0 saturated carbocycles. The van der Waals surface area contributed by atoms with Gasteiger partial charge in [0.05, 0.1) is 6.61 Å². The van der Waals surface area contributed by atoms with Crippen LogP contribution in [0.3, 0.4) is 0 Å². The molecule has 3 aromatic rings. The summed E-state index contributed by atoms with van der Waals surface area (Å²) in [6.45, 7) is 15.9. The lowest BCUT2D eigenvalue weighted by molar-refractivity contribution is 0.213. The van der Waals surface area contributed by atoms with Gasteiger partial charge in [-0.1, -0.05) is 99.3 Å². The van der Waals surface area contributed by atoms with Crippen LogP contribution in [0.2, 0.25) is 0 Å². The normalized spacial score (nSPS) is 16.7. The molecule has 206 valence electrons. The van der Waals surface area contributed by atoms with Crippen molar-refractivity contribution < 1.29 is 4.74 Å². The van der Waals surface area contributed by atoms with Gasteiger partial charge >= 0.3 is 0 Å². The summed E-state index contributed by atoms with van der Waals surface area (Å²) in [6, 6.07) is 20.2. The molecule has 5 rings (SSSR count). The van der Waals surface area contributed by atoms with Crippen LogP contribution in [0.25, 0.3) is 23.3 Å². The molecular formula is C38H43NO. The fourth-order valence-electron chi connectivity index (χ4n) is 6.11. The Hall–Kier alpha value is -3.78. The second kappa shape index (κ2) is 12.2. The van der Waals surface area contributed by atoms with Crippen LogP contribution in [0, 0.1) is 12.8 Å². The van der Waals surface area contributed by atoms with Crippen molar-refractivity contribution >= 4 is 17.8 Å². The van der Waals surface area contributed by atoms with E-state index in [2.05, 4.69) is 118 Å². The first-order chi connectivity index (χ1) is 19.3. The molecular weight excluding hydrogens is 486 g/mol. The number of hydrogen-bond donors (Lipinski definition) is 1. The summed E-state index contributed by atoms with van der Waals surface area (Å²) in [5.74, 6) is 2.26. The minimum Gasteiger partial charge on any atom is -0.494 e. The van der Waals surface area contributed by atoms with E-state index < -0.39 is 0 Å². The van der Waals surface area contributed by atoms with Crippen molar-refractivity contribution in [2.75, 3.05) is 19.0 Å². The molecule has 2 atom stereocenters. The highest BCUT2D eigenvalue weighted by Gasteiger charge is 2.22. The largest absolute Gasteiger partial charge is 0.494 e. The Morgan fingerprint density at radius 3 is 2.55 bits per heavy atom. The monoisotopic (exact) mass is 529 g/mol. The van der Waals surface area contributed by atoms with E-state index in [4.69, 9.17) is 4.74 Å². The number of unbranched alkanes of at least 4 members (excludes halogenated alkanes) is 1. The molecule has 2 aliphatic carbocycles. The van der Waals surface area contributed by atoms with E-state index in [0.717, 1.165) is 31.3 Å². The molecule has 2 heteroatoms. The molecule has 0 radical (unpaired) electrons. The zero-order valence-corrected chi connectivity index (χ0v) is 24.6. The van der Waals surface area contributed by atoms with Crippen LogP contribution in [0.4, 0.5) is 5.69 Å². The second-order valence-corrected chi connectivity index (χ2v) is 11.8.